The van der Waals surface area contributed by atoms with Crippen molar-refractivity contribution in [3.63, 3.8) is 0 Å². The Morgan fingerprint density at radius 3 is 2.93 bits per heavy atom. The molecule has 0 aliphatic heterocycles. The lowest BCUT2D eigenvalue weighted by molar-refractivity contribution is 1.20. The number of rotatable bonds is 1. The predicted molar refractivity (Wildman–Crippen MR) is 62.3 cm³/mol. The van der Waals surface area contributed by atoms with Gasteiger partial charge in [0.15, 0.2) is 0 Å². The number of pyridine rings is 1. The summed E-state index contributed by atoms with van der Waals surface area (Å²) >= 11 is 5.77. The third-order valence-corrected chi connectivity index (χ3v) is 2.81. The molecule has 15 heavy (non-hydrogen) atoms. The molecule has 3 rings (SSSR count). The lowest BCUT2D eigenvalue weighted by atomic mass is 10.2. The molecule has 1 aromatic carbocycles. The van der Waals surface area contributed by atoms with Crippen molar-refractivity contribution in [3.8, 4) is 0 Å². The van der Waals surface area contributed by atoms with E-state index < -0.39 is 0 Å². The topological polar surface area (TPSA) is 17.3 Å². The molecule has 3 heteroatoms. The molecule has 0 atom stereocenters. The minimum Gasteiger partial charge on any atom is -0.306 e. The zero-order valence-electron chi connectivity index (χ0n) is 8.02. The molecule has 0 radical (unpaired) electrons. The first-order valence-electron chi connectivity index (χ1n) is 4.80. The minimum atomic E-state index is 0.454. The number of aromatic nitrogens is 2. The summed E-state index contributed by atoms with van der Waals surface area (Å²) in [4.78, 5) is 4.49. The number of hydrogen-bond acceptors (Lipinski definition) is 1. The molecule has 74 valence electrons. The molecule has 2 nitrogen and oxygen atoms in total. The smallest absolute Gasteiger partial charge is 0.144 e. The minimum absolute atomic E-state index is 0.454. The lowest BCUT2D eigenvalue weighted by Crippen LogP contribution is -1.83. The van der Waals surface area contributed by atoms with Gasteiger partial charge in [-0.25, -0.2) is 4.98 Å². The Hall–Kier alpha value is -1.54. The van der Waals surface area contributed by atoms with Gasteiger partial charge < -0.3 is 4.40 Å². The molecule has 0 fully saturated rings. The van der Waals surface area contributed by atoms with E-state index in [9.17, 15) is 0 Å². The summed E-state index contributed by atoms with van der Waals surface area (Å²) in [5.41, 5.74) is 1.89. The van der Waals surface area contributed by atoms with Crippen LogP contribution < -0.4 is 0 Å². The molecule has 0 bridgehead atoms. The summed E-state index contributed by atoms with van der Waals surface area (Å²) in [6.07, 6.45) is 3.98. The van der Waals surface area contributed by atoms with Gasteiger partial charge in [0.1, 0.15) is 5.65 Å². The Labute approximate surface area is 92.1 Å². The van der Waals surface area contributed by atoms with Crippen molar-refractivity contribution in [3.05, 3.63) is 48.4 Å². The Kier molecular flexibility index (Phi) is 1.89. The number of nitrogens with zero attached hydrogens (tertiary/aromatic N) is 2. The van der Waals surface area contributed by atoms with Gasteiger partial charge in [0.05, 0.1) is 11.6 Å². The maximum Gasteiger partial charge on any atom is 0.144 e. The van der Waals surface area contributed by atoms with Crippen LogP contribution in [0.5, 0.6) is 0 Å². The highest BCUT2D eigenvalue weighted by Gasteiger charge is 2.03. The fraction of sp³-hybridized carbons (Fsp3) is 0.0833. The maximum absolute atomic E-state index is 5.77. The second-order valence-electron chi connectivity index (χ2n) is 3.50. The van der Waals surface area contributed by atoms with Crippen LogP contribution in [-0.2, 0) is 5.88 Å². The Balaban J connectivity index is 2.47. The molecule has 0 spiro atoms. The van der Waals surface area contributed by atoms with Crippen LogP contribution in [0.4, 0.5) is 0 Å². The van der Waals surface area contributed by atoms with Crippen LogP contribution in [0.1, 0.15) is 5.69 Å². The van der Waals surface area contributed by atoms with Gasteiger partial charge in [0.25, 0.3) is 0 Å². The second kappa shape index (κ2) is 3.24. The van der Waals surface area contributed by atoms with Crippen molar-refractivity contribution in [2.24, 2.45) is 0 Å². The fourth-order valence-electron chi connectivity index (χ4n) is 1.83. The van der Waals surface area contributed by atoms with Crippen LogP contribution in [0.2, 0.25) is 0 Å². The van der Waals surface area contributed by atoms with Crippen molar-refractivity contribution < 1.29 is 0 Å². The molecule has 2 aromatic heterocycles. The first-order chi connectivity index (χ1) is 7.38. The van der Waals surface area contributed by atoms with Crippen molar-refractivity contribution >= 4 is 28.0 Å². The molecule has 0 aliphatic carbocycles. The number of imidazole rings is 1. The van der Waals surface area contributed by atoms with Crippen LogP contribution in [0.25, 0.3) is 16.4 Å². The standard InChI is InChI=1S/C12H9ClN2/c13-7-10-8-15-6-5-9-3-1-2-4-11(9)12(15)14-10/h1-6,8H,7H2. The Morgan fingerprint density at radius 2 is 2.07 bits per heavy atom. The van der Waals surface area contributed by atoms with Crippen LogP contribution in [-0.4, -0.2) is 9.38 Å². The van der Waals surface area contributed by atoms with Gasteiger partial charge in [-0.05, 0) is 11.5 Å². The summed E-state index contributed by atoms with van der Waals surface area (Å²) < 4.78 is 2.01. The Morgan fingerprint density at radius 1 is 1.20 bits per heavy atom. The molecule has 3 aromatic rings. The van der Waals surface area contributed by atoms with E-state index in [0.717, 1.165) is 16.7 Å². The number of hydrogen-bond donors (Lipinski definition) is 0. The molecule has 0 aliphatic rings. The van der Waals surface area contributed by atoms with Crippen molar-refractivity contribution in [1.29, 1.82) is 0 Å². The molecule has 0 saturated heterocycles. The summed E-state index contributed by atoms with van der Waals surface area (Å²) in [6, 6.07) is 10.3. The lowest BCUT2D eigenvalue weighted by Gasteiger charge is -1.98. The van der Waals surface area contributed by atoms with E-state index in [1.165, 1.54) is 5.39 Å². The predicted octanol–water partition coefficient (Wildman–Crippen LogP) is 3.23. The van der Waals surface area contributed by atoms with Crippen molar-refractivity contribution in [1.82, 2.24) is 9.38 Å². The second-order valence-corrected chi connectivity index (χ2v) is 3.77. The molecule has 2 heterocycles. The van der Waals surface area contributed by atoms with Crippen LogP contribution in [0.15, 0.2) is 42.7 Å². The van der Waals surface area contributed by atoms with E-state index in [-0.39, 0.29) is 0 Å². The Bertz CT molecular complexity index is 628. The zero-order valence-corrected chi connectivity index (χ0v) is 8.78. The quantitative estimate of drug-likeness (QED) is 0.571. The van der Waals surface area contributed by atoms with E-state index in [0.29, 0.717) is 5.88 Å². The third kappa shape index (κ3) is 1.29. The first kappa shape index (κ1) is 8.74. The number of alkyl halides is 1. The summed E-state index contributed by atoms with van der Waals surface area (Å²) in [7, 11) is 0. The van der Waals surface area contributed by atoms with Gasteiger partial charge in [-0.2, -0.15) is 0 Å². The van der Waals surface area contributed by atoms with E-state index in [1.807, 2.05) is 28.9 Å². The van der Waals surface area contributed by atoms with E-state index in [4.69, 9.17) is 11.6 Å². The third-order valence-electron chi connectivity index (χ3n) is 2.54. The van der Waals surface area contributed by atoms with Crippen molar-refractivity contribution in [2.75, 3.05) is 0 Å². The number of halogens is 1. The van der Waals surface area contributed by atoms with Crippen LogP contribution in [0, 0.1) is 0 Å². The normalized spacial score (nSPS) is 11.3. The summed E-state index contributed by atoms with van der Waals surface area (Å²) in [5.74, 6) is 0.454. The van der Waals surface area contributed by atoms with Gasteiger partial charge in [-0.3, -0.25) is 0 Å². The molecule has 0 N–H and O–H groups in total. The molecular weight excluding hydrogens is 208 g/mol. The molecular formula is C12H9ClN2. The van der Waals surface area contributed by atoms with Crippen LogP contribution in [0.3, 0.4) is 0 Å². The van der Waals surface area contributed by atoms with Gasteiger partial charge in [0, 0.05) is 17.8 Å². The van der Waals surface area contributed by atoms with Gasteiger partial charge >= 0.3 is 0 Å². The van der Waals surface area contributed by atoms with Crippen molar-refractivity contribution in [2.45, 2.75) is 5.88 Å². The first-order valence-corrected chi connectivity index (χ1v) is 5.33. The van der Waals surface area contributed by atoms with E-state index in [1.54, 1.807) is 0 Å². The maximum atomic E-state index is 5.77. The van der Waals surface area contributed by atoms with E-state index in [2.05, 4.69) is 23.2 Å². The van der Waals surface area contributed by atoms with E-state index >= 15 is 0 Å². The highest BCUT2D eigenvalue weighted by Crippen LogP contribution is 2.19. The largest absolute Gasteiger partial charge is 0.306 e. The highest BCUT2D eigenvalue weighted by molar-refractivity contribution is 6.17. The average molecular weight is 217 g/mol. The summed E-state index contributed by atoms with van der Waals surface area (Å²) in [5, 5.41) is 2.37. The van der Waals surface area contributed by atoms with Crippen LogP contribution >= 0.6 is 11.6 Å². The fourth-order valence-corrected chi connectivity index (χ4v) is 1.96. The highest BCUT2D eigenvalue weighted by atomic mass is 35.5. The number of fused-ring (bicyclic) bond motifs is 3. The molecule has 0 saturated carbocycles. The summed E-state index contributed by atoms with van der Waals surface area (Å²) in [6.45, 7) is 0. The van der Waals surface area contributed by atoms with Gasteiger partial charge in [-0.15, -0.1) is 11.6 Å². The molecule has 0 unspecified atom stereocenters. The van der Waals surface area contributed by atoms with Gasteiger partial charge in [-0.1, -0.05) is 24.3 Å². The average Bonchev–Trinajstić information content (AvgIpc) is 2.72. The van der Waals surface area contributed by atoms with Gasteiger partial charge in [0.2, 0.25) is 0 Å². The molecule has 0 amide bonds. The zero-order chi connectivity index (χ0) is 10.3. The monoisotopic (exact) mass is 216 g/mol. The number of benzene rings is 1. The SMILES string of the molecule is ClCc1cn2ccc3ccccc3c2n1.